The summed E-state index contributed by atoms with van der Waals surface area (Å²) in [6.07, 6.45) is 1.46. The maximum Gasteiger partial charge on any atom is 0.263 e. The van der Waals surface area contributed by atoms with Crippen LogP contribution in [0.3, 0.4) is 0 Å². The lowest BCUT2D eigenvalue weighted by Crippen LogP contribution is -2.45. The van der Waals surface area contributed by atoms with E-state index in [1.54, 1.807) is 0 Å². The lowest BCUT2D eigenvalue weighted by atomic mass is 10.3. The highest BCUT2D eigenvalue weighted by atomic mass is 35.5. The summed E-state index contributed by atoms with van der Waals surface area (Å²) in [4.78, 5) is 13.8. The minimum Gasteiger partial charge on any atom is -0.388 e. The molecule has 0 aromatic carbocycles. The maximum atomic E-state index is 11.5. The van der Waals surface area contributed by atoms with Gasteiger partial charge in [-0.15, -0.1) is 11.6 Å². The number of piperazine rings is 1. The Morgan fingerprint density at radius 1 is 1.42 bits per heavy atom. The van der Waals surface area contributed by atoms with Gasteiger partial charge in [0.05, 0.1) is 0 Å². The fraction of sp³-hybridized carbons (Fsp3) is 0.667. The molecule has 0 unspecified atom stereocenters. The van der Waals surface area contributed by atoms with E-state index in [0.29, 0.717) is 19.0 Å². The van der Waals surface area contributed by atoms with Gasteiger partial charge in [0.2, 0.25) is 0 Å². The molecule has 0 spiro atoms. The molecular weight excluding hydrogens is 266 g/mol. The van der Waals surface area contributed by atoms with Crippen molar-refractivity contribution in [1.29, 1.82) is 5.26 Å². The summed E-state index contributed by atoms with van der Waals surface area (Å²) in [6.45, 7) is 6.08. The third-order valence-electron chi connectivity index (χ3n) is 2.77. The number of rotatable bonds is 7. The molecule has 0 bridgehead atoms. The second-order valence-corrected chi connectivity index (χ2v) is 4.54. The van der Waals surface area contributed by atoms with E-state index in [9.17, 15) is 4.79 Å². The summed E-state index contributed by atoms with van der Waals surface area (Å²) in [5.41, 5.74) is 0.0745. The molecule has 0 aliphatic carbocycles. The van der Waals surface area contributed by atoms with Gasteiger partial charge < -0.3 is 16.0 Å². The third kappa shape index (κ3) is 6.43. The van der Waals surface area contributed by atoms with Crippen LogP contribution in [0.1, 0.15) is 0 Å². The summed E-state index contributed by atoms with van der Waals surface area (Å²) in [5, 5.41) is 17.7. The molecule has 0 aromatic rings. The van der Waals surface area contributed by atoms with Crippen LogP contribution >= 0.6 is 11.6 Å². The molecule has 1 heterocycles. The van der Waals surface area contributed by atoms with E-state index in [4.69, 9.17) is 16.9 Å². The molecule has 7 heteroatoms. The summed E-state index contributed by atoms with van der Waals surface area (Å²) >= 11 is 5.46. The second kappa shape index (κ2) is 9.62. The van der Waals surface area contributed by atoms with Gasteiger partial charge in [-0.05, 0) is 0 Å². The summed E-state index contributed by atoms with van der Waals surface area (Å²) in [6, 6.07) is 1.87. The Balaban J connectivity index is 2.24. The average Bonchev–Trinajstić information content (AvgIpc) is 2.46. The number of nitriles is 1. The normalized spacial score (nSPS) is 16.7. The number of nitrogens with zero attached hydrogens (tertiary/aromatic N) is 2. The van der Waals surface area contributed by atoms with Crippen molar-refractivity contribution < 1.29 is 4.79 Å². The predicted molar refractivity (Wildman–Crippen MR) is 74.7 cm³/mol. The molecule has 1 fully saturated rings. The number of nitrogens with one attached hydrogen (secondary N) is 3. The molecule has 0 atom stereocenters. The molecule has 0 radical (unpaired) electrons. The second-order valence-electron chi connectivity index (χ2n) is 4.16. The molecule has 1 saturated heterocycles. The van der Waals surface area contributed by atoms with Crippen LogP contribution in [0.2, 0.25) is 0 Å². The topological polar surface area (TPSA) is 80.2 Å². The highest BCUT2D eigenvalue weighted by Gasteiger charge is 2.09. The number of halogens is 1. The first-order chi connectivity index (χ1) is 9.27. The highest BCUT2D eigenvalue weighted by Crippen LogP contribution is 1.92. The standard InChI is InChI=1S/C12H20ClN5O/c13-1-2-17-12(19)11(9-14)10-16-5-8-18-6-3-15-4-7-18/h10,15-16H,1-8H2,(H,17,19)/b11-10-. The molecule has 1 amide bonds. The van der Waals surface area contributed by atoms with Gasteiger partial charge in [-0.2, -0.15) is 5.26 Å². The van der Waals surface area contributed by atoms with Gasteiger partial charge in [0.1, 0.15) is 11.6 Å². The number of carbonyl (C=O) groups is 1. The molecule has 19 heavy (non-hydrogen) atoms. The highest BCUT2D eigenvalue weighted by molar-refractivity contribution is 6.18. The number of hydrogen-bond acceptors (Lipinski definition) is 5. The molecular formula is C12H20ClN5O. The molecule has 1 aliphatic rings. The first-order valence-corrected chi connectivity index (χ1v) is 6.92. The van der Waals surface area contributed by atoms with Crippen molar-refractivity contribution >= 4 is 17.5 Å². The van der Waals surface area contributed by atoms with Crippen LogP contribution in [0, 0.1) is 11.3 Å². The summed E-state index contributed by atoms with van der Waals surface area (Å²) in [5.74, 6) is -0.0567. The number of amides is 1. The Hall–Kier alpha value is -1.29. The van der Waals surface area contributed by atoms with Crippen molar-refractivity contribution in [2.24, 2.45) is 0 Å². The zero-order valence-corrected chi connectivity index (χ0v) is 11.7. The lowest BCUT2D eigenvalue weighted by Gasteiger charge is -2.26. The molecule has 1 aliphatic heterocycles. The maximum absolute atomic E-state index is 11.5. The molecule has 3 N–H and O–H groups in total. The lowest BCUT2D eigenvalue weighted by molar-refractivity contribution is -0.117. The zero-order valence-electron chi connectivity index (χ0n) is 10.9. The van der Waals surface area contributed by atoms with Crippen LogP contribution in [0.4, 0.5) is 0 Å². The smallest absolute Gasteiger partial charge is 0.263 e. The third-order valence-corrected chi connectivity index (χ3v) is 2.96. The molecule has 0 saturated carbocycles. The molecule has 1 rings (SSSR count). The van der Waals surface area contributed by atoms with Crippen molar-refractivity contribution in [3.63, 3.8) is 0 Å². The SMILES string of the molecule is N#C/C(=C/NCCN1CCNCC1)C(=O)NCCCl. The largest absolute Gasteiger partial charge is 0.388 e. The Bertz CT molecular complexity index is 347. The van der Waals surface area contributed by atoms with Gasteiger partial charge in [-0.3, -0.25) is 9.69 Å². The first-order valence-electron chi connectivity index (χ1n) is 6.39. The van der Waals surface area contributed by atoms with E-state index in [2.05, 4.69) is 20.9 Å². The van der Waals surface area contributed by atoms with Crippen LogP contribution in [0.25, 0.3) is 0 Å². The number of hydrogen-bond donors (Lipinski definition) is 3. The minimum atomic E-state index is -0.391. The van der Waals surface area contributed by atoms with E-state index < -0.39 is 5.91 Å². The Labute approximate surface area is 118 Å². The van der Waals surface area contributed by atoms with Crippen molar-refractivity contribution in [3.8, 4) is 6.07 Å². The van der Waals surface area contributed by atoms with Gasteiger partial charge in [-0.25, -0.2) is 0 Å². The van der Waals surface area contributed by atoms with Gasteiger partial charge in [0, 0.05) is 57.9 Å². The first kappa shape index (κ1) is 15.8. The van der Waals surface area contributed by atoms with Crippen molar-refractivity contribution in [3.05, 3.63) is 11.8 Å². The summed E-state index contributed by atoms with van der Waals surface area (Å²) < 4.78 is 0. The summed E-state index contributed by atoms with van der Waals surface area (Å²) in [7, 11) is 0. The monoisotopic (exact) mass is 285 g/mol. The zero-order chi connectivity index (χ0) is 13.9. The van der Waals surface area contributed by atoms with Crippen LogP contribution < -0.4 is 16.0 Å². The van der Waals surface area contributed by atoms with Gasteiger partial charge >= 0.3 is 0 Å². The van der Waals surface area contributed by atoms with E-state index >= 15 is 0 Å². The van der Waals surface area contributed by atoms with Gasteiger partial charge in [0.15, 0.2) is 0 Å². The van der Waals surface area contributed by atoms with Gasteiger partial charge in [0.25, 0.3) is 5.91 Å². The van der Waals surface area contributed by atoms with Crippen LogP contribution in [-0.4, -0.2) is 62.5 Å². The van der Waals surface area contributed by atoms with Gasteiger partial charge in [-0.1, -0.05) is 0 Å². The van der Waals surface area contributed by atoms with E-state index in [0.717, 1.165) is 32.7 Å². The predicted octanol–water partition coefficient (Wildman–Crippen LogP) is -0.756. The fourth-order valence-corrected chi connectivity index (χ4v) is 1.83. The molecule has 6 nitrogen and oxygen atoms in total. The minimum absolute atomic E-state index is 0.0745. The number of carbonyl (C=O) groups excluding carboxylic acids is 1. The molecule has 106 valence electrons. The van der Waals surface area contributed by atoms with Crippen LogP contribution in [0.5, 0.6) is 0 Å². The number of alkyl halides is 1. The Morgan fingerprint density at radius 2 is 2.16 bits per heavy atom. The Morgan fingerprint density at radius 3 is 2.79 bits per heavy atom. The van der Waals surface area contributed by atoms with E-state index in [-0.39, 0.29) is 5.57 Å². The van der Waals surface area contributed by atoms with Crippen molar-refractivity contribution in [1.82, 2.24) is 20.9 Å². The van der Waals surface area contributed by atoms with Crippen LogP contribution in [-0.2, 0) is 4.79 Å². The van der Waals surface area contributed by atoms with Crippen molar-refractivity contribution in [2.75, 3.05) is 51.7 Å². The quantitative estimate of drug-likeness (QED) is 0.248. The fourth-order valence-electron chi connectivity index (χ4n) is 1.74. The average molecular weight is 286 g/mol. The van der Waals surface area contributed by atoms with E-state index in [1.165, 1.54) is 6.20 Å². The Kier molecular flexibility index (Phi) is 7.98. The van der Waals surface area contributed by atoms with Crippen LogP contribution in [0.15, 0.2) is 11.8 Å². The van der Waals surface area contributed by atoms with E-state index in [1.807, 2.05) is 6.07 Å². The molecule has 0 aromatic heterocycles. The van der Waals surface area contributed by atoms with Crippen molar-refractivity contribution in [2.45, 2.75) is 0 Å².